The Kier molecular flexibility index (Phi) is 3.24. The molecule has 0 bridgehead atoms. The number of aromatic nitrogens is 2. The van der Waals surface area contributed by atoms with Crippen molar-refractivity contribution in [1.29, 1.82) is 0 Å². The van der Waals surface area contributed by atoms with Crippen LogP contribution in [-0.4, -0.2) is 28.4 Å². The number of hydrogen-bond donors (Lipinski definition) is 1. The molecule has 0 saturated carbocycles. The maximum absolute atomic E-state index is 11.8. The minimum Gasteiger partial charge on any atom is -0.368 e. The average Bonchev–Trinajstić information content (AvgIpc) is 2.87. The van der Waals surface area contributed by atoms with Gasteiger partial charge in [0, 0.05) is 19.2 Å². The van der Waals surface area contributed by atoms with Crippen LogP contribution in [0.2, 0.25) is 0 Å². The molecule has 1 amide bonds. The molecule has 2 rings (SSSR count). The number of carbonyl (C=O) groups excluding carboxylic acids is 1. The molecular weight excluding hydrogens is 206 g/mol. The quantitative estimate of drug-likeness (QED) is 0.841. The minimum atomic E-state index is -0.291. The first-order chi connectivity index (χ1) is 7.70. The van der Waals surface area contributed by atoms with Crippen LogP contribution in [0, 0.1) is 6.92 Å². The van der Waals surface area contributed by atoms with Gasteiger partial charge in [-0.2, -0.15) is 5.10 Å². The molecule has 5 nitrogen and oxygen atoms in total. The molecule has 1 fully saturated rings. The first kappa shape index (κ1) is 11.1. The summed E-state index contributed by atoms with van der Waals surface area (Å²) in [6, 6.07) is 1.87. The summed E-state index contributed by atoms with van der Waals surface area (Å²) in [6.07, 6.45) is 1.48. The van der Waals surface area contributed by atoms with Gasteiger partial charge in [-0.1, -0.05) is 0 Å². The highest BCUT2D eigenvalue weighted by atomic mass is 16.5. The number of aryl methyl sites for hydroxylation is 2. The monoisotopic (exact) mass is 223 g/mol. The van der Waals surface area contributed by atoms with Gasteiger partial charge in [-0.05, 0) is 26.7 Å². The summed E-state index contributed by atoms with van der Waals surface area (Å²) in [6.45, 7) is 5.33. The van der Waals surface area contributed by atoms with Crippen LogP contribution in [0.25, 0.3) is 0 Å². The summed E-state index contributed by atoms with van der Waals surface area (Å²) in [5, 5.41) is 7.13. The number of carbonyl (C=O) groups is 1. The van der Waals surface area contributed by atoms with E-state index in [2.05, 4.69) is 10.4 Å². The highest BCUT2D eigenvalue weighted by Gasteiger charge is 2.24. The number of amides is 1. The lowest BCUT2D eigenvalue weighted by Crippen LogP contribution is -2.28. The first-order valence-corrected chi connectivity index (χ1v) is 5.67. The van der Waals surface area contributed by atoms with Gasteiger partial charge in [-0.25, -0.2) is 4.68 Å². The maximum atomic E-state index is 11.8. The Morgan fingerprint density at radius 1 is 1.75 bits per heavy atom. The second kappa shape index (κ2) is 4.65. The lowest BCUT2D eigenvalue weighted by Gasteiger charge is -2.10. The summed E-state index contributed by atoms with van der Waals surface area (Å²) >= 11 is 0. The van der Waals surface area contributed by atoms with Crippen molar-refractivity contribution in [2.24, 2.45) is 0 Å². The summed E-state index contributed by atoms with van der Waals surface area (Å²) in [5.74, 6) is 0.688. The third-order valence-electron chi connectivity index (χ3n) is 2.68. The van der Waals surface area contributed by atoms with E-state index in [0.717, 1.165) is 30.9 Å². The zero-order valence-corrected chi connectivity index (χ0v) is 9.69. The molecule has 1 aliphatic heterocycles. The van der Waals surface area contributed by atoms with Crippen molar-refractivity contribution < 1.29 is 9.53 Å². The molecule has 1 aromatic heterocycles. The standard InChI is InChI=1S/C11H17N3O2/c1-3-14-10(7-8(2)13-14)12-11(15)9-5-4-6-16-9/h7,9H,3-6H2,1-2H3,(H,12,15)/t9-/m1/s1. The average molecular weight is 223 g/mol. The number of rotatable bonds is 3. The zero-order valence-electron chi connectivity index (χ0n) is 9.69. The summed E-state index contributed by atoms with van der Waals surface area (Å²) in [4.78, 5) is 11.8. The summed E-state index contributed by atoms with van der Waals surface area (Å²) in [7, 11) is 0. The van der Waals surface area contributed by atoms with E-state index in [-0.39, 0.29) is 12.0 Å². The Morgan fingerprint density at radius 2 is 2.56 bits per heavy atom. The van der Waals surface area contributed by atoms with E-state index >= 15 is 0 Å². The second-order valence-electron chi connectivity index (χ2n) is 3.98. The van der Waals surface area contributed by atoms with Crippen molar-refractivity contribution in [2.75, 3.05) is 11.9 Å². The number of nitrogens with one attached hydrogen (secondary N) is 1. The molecule has 0 spiro atoms. The van der Waals surface area contributed by atoms with Crippen molar-refractivity contribution in [3.05, 3.63) is 11.8 Å². The van der Waals surface area contributed by atoms with Crippen LogP contribution in [0.3, 0.4) is 0 Å². The first-order valence-electron chi connectivity index (χ1n) is 5.67. The molecule has 0 radical (unpaired) electrons. The molecule has 0 aromatic carbocycles. The van der Waals surface area contributed by atoms with E-state index in [1.54, 1.807) is 4.68 Å². The normalized spacial score (nSPS) is 20.0. The minimum absolute atomic E-state index is 0.0629. The van der Waals surface area contributed by atoms with Crippen LogP contribution in [-0.2, 0) is 16.1 Å². The van der Waals surface area contributed by atoms with Gasteiger partial charge in [0.25, 0.3) is 5.91 Å². The molecule has 88 valence electrons. The van der Waals surface area contributed by atoms with E-state index in [1.165, 1.54) is 0 Å². The molecule has 0 aliphatic carbocycles. The maximum Gasteiger partial charge on any atom is 0.254 e. The van der Waals surface area contributed by atoms with Crippen LogP contribution in [0.1, 0.15) is 25.5 Å². The molecule has 5 heteroatoms. The smallest absolute Gasteiger partial charge is 0.254 e. The number of anilines is 1. The van der Waals surface area contributed by atoms with Crippen molar-refractivity contribution in [3.8, 4) is 0 Å². The Morgan fingerprint density at radius 3 is 3.19 bits per heavy atom. The molecule has 1 aliphatic rings. The highest BCUT2D eigenvalue weighted by molar-refractivity contribution is 5.93. The van der Waals surface area contributed by atoms with Gasteiger partial charge in [0.05, 0.1) is 5.69 Å². The van der Waals surface area contributed by atoms with E-state index in [4.69, 9.17) is 4.74 Å². The van der Waals surface area contributed by atoms with Crippen LogP contribution in [0.5, 0.6) is 0 Å². The Balaban J connectivity index is 2.04. The van der Waals surface area contributed by atoms with Gasteiger partial charge < -0.3 is 10.1 Å². The molecule has 2 heterocycles. The highest BCUT2D eigenvalue weighted by Crippen LogP contribution is 2.16. The van der Waals surface area contributed by atoms with Crippen LogP contribution < -0.4 is 5.32 Å². The molecule has 1 saturated heterocycles. The van der Waals surface area contributed by atoms with Gasteiger partial charge in [0.1, 0.15) is 11.9 Å². The van der Waals surface area contributed by atoms with Gasteiger partial charge in [-0.15, -0.1) is 0 Å². The van der Waals surface area contributed by atoms with Crippen LogP contribution in [0.4, 0.5) is 5.82 Å². The molecule has 1 N–H and O–H groups in total. The zero-order chi connectivity index (χ0) is 11.5. The van der Waals surface area contributed by atoms with Crippen molar-refractivity contribution >= 4 is 11.7 Å². The van der Waals surface area contributed by atoms with Crippen molar-refractivity contribution in [3.63, 3.8) is 0 Å². The van der Waals surface area contributed by atoms with Crippen LogP contribution >= 0.6 is 0 Å². The van der Waals surface area contributed by atoms with Gasteiger partial charge >= 0.3 is 0 Å². The molecule has 0 unspecified atom stereocenters. The predicted molar refractivity (Wildman–Crippen MR) is 60.2 cm³/mol. The molecule has 1 atom stereocenters. The lowest BCUT2D eigenvalue weighted by atomic mass is 10.2. The number of nitrogens with zero attached hydrogens (tertiary/aromatic N) is 2. The second-order valence-corrected chi connectivity index (χ2v) is 3.98. The van der Waals surface area contributed by atoms with Gasteiger partial charge in [0.2, 0.25) is 0 Å². The topological polar surface area (TPSA) is 56.2 Å². The van der Waals surface area contributed by atoms with E-state index in [0.29, 0.717) is 6.61 Å². The molecule has 16 heavy (non-hydrogen) atoms. The number of hydrogen-bond acceptors (Lipinski definition) is 3. The third kappa shape index (κ3) is 2.24. The Hall–Kier alpha value is -1.36. The molecular formula is C11H17N3O2. The fourth-order valence-corrected chi connectivity index (χ4v) is 1.88. The van der Waals surface area contributed by atoms with E-state index in [9.17, 15) is 4.79 Å². The Bertz CT molecular complexity index is 381. The Labute approximate surface area is 94.8 Å². The SMILES string of the molecule is CCn1nc(C)cc1NC(=O)[C@H]1CCCO1. The largest absolute Gasteiger partial charge is 0.368 e. The van der Waals surface area contributed by atoms with E-state index in [1.807, 2.05) is 19.9 Å². The van der Waals surface area contributed by atoms with Crippen LogP contribution in [0.15, 0.2) is 6.07 Å². The van der Waals surface area contributed by atoms with Crippen molar-refractivity contribution in [1.82, 2.24) is 9.78 Å². The summed E-state index contributed by atoms with van der Waals surface area (Å²) < 4.78 is 7.11. The fraction of sp³-hybridized carbons (Fsp3) is 0.636. The van der Waals surface area contributed by atoms with Gasteiger partial charge in [-0.3, -0.25) is 4.79 Å². The third-order valence-corrected chi connectivity index (χ3v) is 2.68. The van der Waals surface area contributed by atoms with Gasteiger partial charge in [0.15, 0.2) is 0 Å². The van der Waals surface area contributed by atoms with Crippen molar-refractivity contribution in [2.45, 2.75) is 39.3 Å². The van der Waals surface area contributed by atoms with E-state index < -0.39 is 0 Å². The predicted octanol–water partition coefficient (Wildman–Crippen LogP) is 1.33. The number of ether oxygens (including phenoxy) is 1. The summed E-state index contributed by atoms with van der Waals surface area (Å²) in [5.41, 5.74) is 0.907. The lowest BCUT2D eigenvalue weighted by molar-refractivity contribution is -0.124. The molecule has 1 aromatic rings. The fourth-order valence-electron chi connectivity index (χ4n) is 1.88.